The van der Waals surface area contributed by atoms with Gasteiger partial charge in [0.1, 0.15) is 0 Å². The van der Waals surface area contributed by atoms with Crippen molar-refractivity contribution in [2.45, 2.75) is 63.9 Å². The predicted molar refractivity (Wildman–Crippen MR) is 162 cm³/mol. The SMILES string of the molecule is CN(C)c1ccc(CCNc2cc(C(O)C=Cc3ccc(C(=O)O)cc3)cc3c2C(C)(C)CCC3(C)C)cc1. The van der Waals surface area contributed by atoms with E-state index in [0.29, 0.717) is 0 Å². The number of aromatic carboxylic acids is 1. The summed E-state index contributed by atoms with van der Waals surface area (Å²) in [5.74, 6) is -0.948. The number of benzene rings is 3. The van der Waals surface area contributed by atoms with E-state index in [0.717, 1.165) is 42.6 Å². The van der Waals surface area contributed by atoms with Crippen LogP contribution in [-0.4, -0.2) is 36.8 Å². The molecule has 0 amide bonds. The minimum atomic E-state index is -0.948. The highest BCUT2D eigenvalue weighted by Crippen LogP contribution is 2.49. The van der Waals surface area contributed by atoms with Crippen LogP contribution in [0.25, 0.3) is 6.08 Å². The molecule has 5 nitrogen and oxygen atoms in total. The van der Waals surface area contributed by atoms with Crippen LogP contribution in [0.5, 0.6) is 0 Å². The first kappa shape index (κ1) is 28.4. The molecule has 0 bridgehead atoms. The molecule has 3 aromatic rings. The van der Waals surface area contributed by atoms with Crippen LogP contribution in [0.15, 0.2) is 66.7 Å². The van der Waals surface area contributed by atoms with E-state index in [9.17, 15) is 9.90 Å². The second-order valence-electron chi connectivity index (χ2n) is 12.2. The van der Waals surface area contributed by atoms with E-state index in [2.05, 4.69) is 88.4 Å². The molecule has 5 heteroatoms. The van der Waals surface area contributed by atoms with E-state index in [1.165, 1.54) is 22.4 Å². The van der Waals surface area contributed by atoms with Gasteiger partial charge < -0.3 is 20.4 Å². The van der Waals surface area contributed by atoms with Crippen LogP contribution in [0.3, 0.4) is 0 Å². The zero-order valence-corrected chi connectivity index (χ0v) is 24.1. The normalized spacial score (nSPS) is 16.5. The van der Waals surface area contributed by atoms with Crippen molar-refractivity contribution in [2.75, 3.05) is 30.9 Å². The zero-order valence-electron chi connectivity index (χ0n) is 24.1. The quantitative estimate of drug-likeness (QED) is 0.275. The highest BCUT2D eigenvalue weighted by molar-refractivity contribution is 5.87. The van der Waals surface area contributed by atoms with Crippen molar-refractivity contribution in [1.29, 1.82) is 0 Å². The Labute approximate surface area is 233 Å². The Hall–Kier alpha value is -3.57. The van der Waals surface area contributed by atoms with Gasteiger partial charge in [-0.3, -0.25) is 0 Å². The molecule has 1 aliphatic carbocycles. The van der Waals surface area contributed by atoms with Crippen molar-refractivity contribution in [3.05, 3.63) is 100 Å². The van der Waals surface area contributed by atoms with Crippen molar-refractivity contribution in [3.8, 4) is 0 Å². The fraction of sp³-hybridized carbons (Fsp3) is 0.382. The molecule has 206 valence electrons. The molecule has 0 aliphatic heterocycles. The Morgan fingerprint density at radius 3 is 2.23 bits per heavy atom. The predicted octanol–water partition coefficient (Wildman–Crippen LogP) is 7.20. The van der Waals surface area contributed by atoms with E-state index < -0.39 is 12.1 Å². The summed E-state index contributed by atoms with van der Waals surface area (Å²) in [5.41, 5.74) is 8.22. The minimum Gasteiger partial charge on any atom is -0.478 e. The summed E-state index contributed by atoms with van der Waals surface area (Å²) in [7, 11) is 4.10. The molecule has 1 unspecified atom stereocenters. The number of hydrogen-bond acceptors (Lipinski definition) is 4. The third-order valence-corrected chi connectivity index (χ3v) is 8.09. The largest absolute Gasteiger partial charge is 0.478 e. The number of anilines is 2. The Balaban J connectivity index is 1.61. The van der Waals surface area contributed by atoms with Crippen molar-refractivity contribution in [3.63, 3.8) is 0 Å². The topological polar surface area (TPSA) is 72.8 Å². The van der Waals surface area contributed by atoms with Crippen molar-refractivity contribution >= 4 is 23.4 Å². The molecule has 4 rings (SSSR count). The number of rotatable bonds is 9. The number of fused-ring (bicyclic) bond motifs is 1. The Morgan fingerprint density at radius 2 is 1.62 bits per heavy atom. The van der Waals surface area contributed by atoms with E-state index >= 15 is 0 Å². The summed E-state index contributed by atoms with van der Waals surface area (Å²) in [6, 6.07) is 19.6. The molecule has 0 radical (unpaired) electrons. The van der Waals surface area contributed by atoms with Gasteiger partial charge in [0.25, 0.3) is 0 Å². The number of carboxylic acids is 1. The lowest BCUT2D eigenvalue weighted by Crippen LogP contribution is -2.35. The Morgan fingerprint density at radius 1 is 0.974 bits per heavy atom. The van der Waals surface area contributed by atoms with Crippen molar-refractivity contribution < 1.29 is 15.0 Å². The fourth-order valence-electron chi connectivity index (χ4n) is 5.47. The van der Waals surface area contributed by atoms with Gasteiger partial charge in [-0.2, -0.15) is 0 Å². The molecule has 0 spiro atoms. The maximum atomic E-state index is 11.2. The van der Waals surface area contributed by atoms with E-state index in [4.69, 9.17) is 5.11 Å². The number of carboxylic acid groups (broad SMARTS) is 1. The van der Waals surface area contributed by atoms with Crippen LogP contribution in [0, 0.1) is 0 Å². The van der Waals surface area contributed by atoms with Gasteiger partial charge in [-0.1, -0.05) is 70.2 Å². The second kappa shape index (κ2) is 11.3. The first-order valence-electron chi connectivity index (χ1n) is 13.8. The first-order valence-corrected chi connectivity index (χ1v) is 13.8. The zero-order chi connectivity index (χ0) is 28.4. The van der Waals surface area contributed by atoms with Gasteiger partial charge in [0.05, 0.1) is 11.7 Å². The smallest absolute Gasteiger partial charge is 0.335 e. The van der Waals surface area contributed by atoms with Crippen LogP contribution in [-0.2, 0) is 17.3 Å². The lowest BCUT2D eigenvalue weighted by molar-refractivity contribution is 0.0697. The molecule has 0 fully saturated rings. The summed E-state index contributed by atoms with van der Waals surface area (Å²) in [5, 5.41) is 24.1. The van der Waals surface area contributed by atoms with Gasteiger partial charge in [0, 0.05) is 32.0 Å². The third-order valence-electron chi connectivity index (χ3n) is 8.09. The fourth-order valence-corrected chi connectivity index (χ4v) is 5.47. The van der Waals surface area contributed by atoms with Gasteiger partial charge >= 0.3 is 5.97 Å². The maximum Gasteiger partial charge on any atom is 0.335 e. The molecular weight excluding hydrogens is 484 g/mol. The van der Waals surface area contributed by atoms with Gasteiger partial charge in [-0.05, 0) is 88.2 Å². The van der Waals surface area contributed by atoms with Crippen molar-refractivity contribution in [1.82, 2.24) is 0 Å². The minimum absolute atomic E-state index is 0.00933. The standard InChI is InChI=1S/C34H42N2O3/c1-33(2)18-19-34(3,4)31-28(33)21-26(30(37)16-11-23-7-12-25(13-8-23)32(38)39)22-29(31)35-20-17-24-9-14-27(15-10-24)36(5)6/h7-16,21-22,30,35,37H,17-20H2,1-6H3,(H,38,39). The van der Waals surface area contributed by atoms with Gasteiger partial charge in [0.15, 0.2) is 0 Å². The monoisotopic (exact) mass is 526 g/mol. The maximum absolute atomic E-state index is 11.2. The van der Waals surface area contributed by atoms with E-state index in [-0.39, 0.29) is 16.4 Å². The average molecular weight is 527 g/mol. The lowest BCUT2D eigenvalue weighted by Gasteiger charge is -2.43. The molecule has 3 N–H and O–H groups in total. The van der Waals surface area contributed by atoms with Gasteiger partial charge in [-0.15, -0.1) is 0 Å². The molecule has 0 saturated carbocycles. The number of nitrogens with one attached hydrogen (secondary N) is 1. The molecule has 1 atom stereocenters. The number of nitrogens with zero attached hydrogens (tertiary/aromatic N) is 1. The summed E-state index contributed by atoms with van der Waals surface area (Å²) >= 11 is 0. The van der Waals surface area contributed by atoms with Crippen LogP contribution >= 0.6 is 0 Å². The number of hydrogen-bond donors (Lipinski definition) is 3. The van der Waals surface area contributed by atoms with Gasteiger partial charge in [-0.25, -0.2) is 4.79 Å². The Kier molecular flexibility index (Phi) is 8.22. The molecule has 0 heterocycles. The summed E-state index contributed by atoms with van der Waals surface area (Å²) in [4.78, 5) is 13.2. The molecule has 0 saturated heterocycles. The van der Waals surface area contributed by atoms with Gasteiger partial charge in [0.2, 0.25) is 0 Å². The lowest BCUT2D eigenvalue weighted by atomic mass is 9.62. The first-order chi connectivity index (χ1) is 18.4. The van der Waals surface area contributed by atoms with Crippen molar-refractivity contribution in [2.24, 2.45) is 0 Å². The highest BCUT2D eigenvalue weighted by atomic mass is 16.4. The summed E-state index contributed by atoms with van der Waals surface area (Å²) < 4.78 is 0. The number of carbonyl (C=O) groups is 1. The summed E-state index contributed by atoms with van der Waals surface area (Å²) in [6.07, 6.45) is 5.95. The Bertz CT molecular complexity index is 1340. The van der Waals surface area contributed by atoms with Crippen LogP contribution in [0.4, 0.5) is 11.4 Å². The molecule has 0 aromatic heterocycles. The molecular formula is C34H42N2O3. The molecule has 3 aromatic carbocycles. The number of aliphatic hydroxyl groups excluding tert-OH is 1. The summed E-state index contributed by atoms with van der Waals surface area (Å²) in [6.45, 7) is 10.0. The third kappa shape index (κ3) is 6.54. The molecule has 39 heavy (non-hydrogen) atoms. The molecule has 1 aliphatic rings. The number of aliphatic hydroxyl groups is 1. The second-order valence-corrected chi connectivity index (χ2v) is 12.2. The van der Waals surface area contributed by atoms with Crippen LogP contribution < -0.4 is 10.2 Å². The van der Waals surface area contributed by atoms with Crippen LogP contribution in [0.1, 0.15) is 84.8 Å². The average Bonchev–Trinajstić information content (AvgIpc) is 2.90. The van der Waals surface area contributed by atoms with E-state index in [1.54, 1.807) is 30.3 Å². The highest BCUT2D eigenvalue weighted by Gasteiger charge is 2.39. The van der Waals surface area contributed by atoms with Crippen LogP contribution in [0.2, 0.25) is 0 Å². The van der Waals surface area contributed by atoms with E-state index in [1.807, 2.05) is 6.08 Å².